The Labute approximate surface area is 135 Å². The topological polar surface area (TPSA) is 92.7 Å². The Kier molecular flexibility index (Phi) is 4.91. The number of aliphatic carboxylic acids is 1. The summed E-state index contributed by atoms with van der Waals surface area (Å²) in [5.74, 6) is -1.04. The van der Waals surface area contributed by atoms with Gasteiger partial charge in [0.05, 0.1) is 12.0 Å². The van der Waals surface area contributed by atoms with Gasteiger partial charge < -0.3 is 9.84 Å². The Hall–Kier alpha value is -2.12. The van der Waals surface area contributed by atoms with Crippen LogP contribution in [0.1, 0.15) is 13.8 Å². The van der Waals surface area contributed by atoms with Gasteiger partial charge in [0, 0.05) is 10.8 Å². The smallest absolute Gasteiger partial charge is 0.322 e. The molecule has 0 bridgehead atoms. The highest BCUT2D eigenvalue weighted by Gasteiger charge is 2.29. The van der Waals surface area contributed by atoms with Crippen LogP contribution in [-0.2, 0) is 14.8 Å². The van der Waals surface area contributed by atoms with Crippen LogP contribution in [0.15, 0.2) is 41.3 Å². The average molecular weight is 337 g/mol. The quantitative estimate of drug-likeness (QED) is 0.843. The molecule has 2 aromatic carbocycles. The molecule has 0 aliphatic heterocycles. The fourth-order valence-electron chi connectivity index (χ4n) is 2.36. The second kappa shape index (κ2) is 6.55. The van der Waals surface area contributed by atoms with Gasteiger partial charge in [-0.05, 0) is 18.1 Å². The maximum Gasteiger partial charge on any atom is 0.322 e. The van der Waals surface area contributed by atoms with Crippen molar-refractivity contribution in [2.45, 2.75) is 24.8 Å². The summed E-state index contributed by atoms with van der Waals surface area (Å²) in [6, 6.07) is 8.70. The maximum atomic E-state index is 12.6. The molecular weight excluding hydrogens is 318 g/mol. The maximum absolute atomic E-state index is 12.6. The number of carboxylic acid groups (broad SMARTS) is 1. The summed E-state index contributed by atoms with van der Waals surface area (Å²) in [4.78, 5) is 11.3. The summed E-state index contributed by atoms with van der Waals surface area (Å²) in [5, 5.41) is 10.3. The highest BCUT2D eigenvalue weighted by molar-refractivity contribution is 7.89. The van der Waals surface area contributed by atoms with Gasteiger partial charge in [0.15, 0.2) is 0 Å². The van der Waals surface area contributed by atoms with E-state index >= 15 is 0 Å². The van der Waals surface area contributed by atoms with Gasteiger partial charge in [0.25, 0.3) is 0 Å². The van der Waals surface area contributed by atoms with Crippen molar-refractivity contribution in [2.24, 2.45) is 5.92 Å². The van der Waals surface area contributed by atoms with Gasteiger partial charge in [-0.3, -0.25) is 4.79 Å². The predicted molar refractivity (Wildman–Crippen MR) is 87.1 cm³/mol. The molecule has 2 aromatic rings. The minimum Gasteiger partial charge on any atom is -0.496 e. The number of ether oxygens (including phenoxy) is 1. The molecule has 0 heterocycles. The van der Waals surface area contributed by atoms with E-state index in [2.05, 4.69) is 4.72 Å². The molecule has 1 unspecified atom stereocenters. The van der Waals surface area contributed by atoms with E-state index in [9.17, 15) is 18.3 Å². The lowest BCUT2D eigenvalue weighted by Gasteiger charge is -2.19. The summed E-state index contributed by atoms with van der Waals surface area (Å²) >= 11 is 0. The minimum atomic E-state index is -3.99. The predicted octanol–water partition coefficient (Wildman–Crippen LogP) is 2.24. The number of fused-ring (bicyclic) bond motifs is 1. The third-order valence-electron chi connectivity index (χ3n) is 3.57. The number of hydrogen-bond donors (Lipinski definition) is 2. The van der Waals surface area contributed by atoms with Crippen LogP contribution in [0.3, 0.4) is 0 Å². The molecule has 6 nitrogen and oxygen atoms in total. The van der Waals surface area contributed by atoms with Gasteiger partial charge >= 0.3 is 5.97 Å². The lowest BCUT2D eigenvalue weighted by atomic mass is 10.1. The number of nitrogens with one attached hydrogen (secondary N) is 1. The third kappa shape index (κ3) is 3.46. The van der Waals surface area contributed by atoms with E-state index in [0.29, 0.717) is 16.5 Å². The number of benzene rings is 2. The number of rotatable bonds is 6. The number of carbonyl (C=O) groups is 1. The van der Waals surface area contributed by atoms with E-state index in [0.717, 1.165) is 0 Å². The molecule has 7 heteroatoms. The summed E-state index contributed by atoms with van der Waals surface area (Å²) in [7, 11) is -2.48. The summed E-state index contributed by atoms with van der Waals surface area (Å²) < 4.78 is 32.8. The number of sulfonamides is 1. The van der Waals surface area contributed by atoms with E-state index < -0.39 is 22.0 Å². The highest BCUT2D eigenvalue weighted by Crippen LogP contribution is 2.31. The molecule has 1 atom stereocenters. The Bertz CT molecular complexity index is 829. The molecule has 2 rings (SSSR count). The highest BCUT2D eigenvalue weighted by atomic mass is 32.2. The summed E-state index contributed by atoms with van der Waals surface area (Å²) in [5.41, 5.74) is 0. The van der Waals surface area contributed by atoms with Crippen LogP contribution in [-0.4, -0.2) is 32.6 Å². The first-order valence-corrected chi connectivity index (χ1v) is 8.57. The molecule has 0 fully saturated rings. The van der Waals surface area contributed by atoms with Crippen molar-refractivity contribution in [3.63, 3.8) is 0 Å². The molecule has 0 spiro atoms. The largest absolute Gasteiger partial charge is 0.496 e. The molecule has 2 N–H and O–H groups in total. The molecule has 0 saturated carbocycles. The van der Waals surface area contributed by atoms with Crippen LogP contribution in [0.5, 0.6) is 5.75 Å². The Morgan fingerprint density at radius 1 is 1.13 bits per heavy atom. The first kappa shape index (κ1) is 17.2. The van der Waals surface area contributed by atoms with E-state index in [1.807, 2.05) is 0 Å². The molecule has 0 saturated heterocycles. The van der Waals surface area contributed by atoms with Crippen LogP contribution < -0.4 is 9.46 Å². The monoisotopic (exact) mass is 337 g/mol. The van der Waals surface area contributed by atoms with Crippen LogP contribution in [0.2, 0.25) is 0 Å². The van der Waals surface area contributed by atoms with Crippen molar-refractivity contribution in [2.75, 3.05) is 7.11 Å². The van der Waals surface area contributed by atoms with Crippen molar-refractivity contribution < 1.29 is 23.1 Å². The van der Waals surface area contributed by atoms with Gasteiger partial charge in [-0.15, -0.1) is 0 Å². The molecule has 0 aliphatic rings. The molecule has 0 aromatic heterocycles. The summed E-state index contributed by atoms with van der Waals surface area (Å²) in [6.07, 6.45) is 0. The van der Waals surface area contributed by atoms with Crippen molar-refractivity contribution >= 4 is 26.8 Å². The second-order valence-corrected chi connectivity index (χ2v) is 7.18. The van der Waals surface area contributed by atoms with Crippen molar-refractivity contribution in [3.8, 4) is 5.75 Å². The molecular formula is C16H19NO5S. The first-order chi connectivity index (χ1) is 10.8. The Morgan fingerprint density at radius 3 is 2.26 bits per heavy atom. The van der Waals surface area contributed by atoms with Crippen molar-refractivity contribution in [1.82, 2.24) is 4.72 Å². The van der Waals surface area contributed by atoms with E-state index in [4.69, 9.17) is 4.74 Å². The first-order valence-electron chi connectivity index (χ1n) is 7.09. The van der Waals surface area contributed by atoms with Gasteiger partial charge in [-0.2, -0.15) is 4.72 Å². The molecule has 23 heavy (non-hydrogen) atoms. The minimum absolute atomic E-state index is 0.0285. The zero-order valence-corrected chi connectivity index (χ0v) is 13.9. The third-order valence-corrected chi connectivity index (χ3v) is 5.07. The van der Waals surface area contributed by atoms with Crippen molar-refractivity contribution in [1.29, 1.82) is 0 Å². The fourth-order valence-corrected chi connectivity index (χ4v) is 3.91. The molecule has 0 radical (unpaired) electrons. The van der Waals surface area contributed by atoms with Crippen molar-refractivity contribution in [3.05, 3.63) is 36.4 Å². The van der Waals surface area contributed by atoms with E-state index in [1.54, 1.807) is 44.2 Å². The van der Waals surface area contributed by atoms with Gasteiger partial charge in [-0.25, -0.2) is 8.42 Å². The van der Waals surface area contributed by atoms with Crippen LogP contribution in [0, 0.1) is 5.92 Å². The zero-order valence-electron chi connectivity index (χ0n) is 13.1. The fraction of sp³-hybridized carbons (Fsp3) is 0.312. The van der Waals surface area contributed by atoms with Crippen LogP contribution in [0.25, 0.3) is 10.8 Å². The standard InChI is InChI=1S/C16H19NO5S/c1-10(2)15(16(18)19)17-23(20,21)14-9-8-13(22-3)11-6-4-5-7-12(11)14/h4-10,15,17H,1-3H3,(H,18,19). The van der Waals surface area contributed by atoms with E-state index in [1.165, 1.54) is 13.2 Å². The van der Waals surface area contributed by atoms with Gasteiger partial charge in [0.1, 0.15) is 11.8 Å². The zero-order chi connectivity index (χ0) is 17.2. The van der Waals surface area contributed by atoms with Crippen LogP contribution in [0.4, 0.5) is 0 Å². The second-order valence-electron chi connectivity index (χ2n) is 5.49. The summed E-state index contributed by atoms with van der Waals surface area (Å²) in [6.45, 7) is 3.29. The Balaban J connectivity index is 2.57. The number of hydrogen-bond acceptors (Lipinski definition) is 4. The average Bonchev–Trinajstić information content (AvgIpc) is 2.51. The van der Waals surface area contributed by atoms with Gasteiger partial charge in [0.2, 0.25) is 10.0 Å². The normalized spacial score (nSPS) is 13.2. The van der Waals surface area contributed by atoms with Crippen LogP contribution >= 0.6 is 0 Å². The Morgan fingerprint density at radius 2 is 1.74 bits per heavy atom. The number of methoxy groups -OCH3 is 1. The SMILES string of the molecule is COc1ccc(S(=O)(=O)NC(C(=O)O)C(C)C)c2ccccc12. The molecule has 124 valence electrons. The number of carboxylic acids is 1. The lowest BCUT2D eigenvalue weighted by Crippen LogP contribution is -2.44. The molecule has 0 amide bonds. The molecule has 0 aliphatic carbocycles. The van der Waals surface area contributed by atoms with Gasteiger partial charge in [-0.1, -0.05) is 38.1 Å². The van der Waals surface area contributed by atoms with E-state index in [-0.39, 0.29) is 10.8 Å². The lowest BCUT2D eigenvalue weighted by molar-refractivity contribution is -0.140.